The fourth-order valence-corrected chi connectivity index (χ4v) is 2.25. The Bertz CT molecular complexity index is 502. The second-order valence-electron chi connectivity index (χ2n) is 5.73. The number of aromatic carboxylic acids is 1. The quantitative estimate of drug-likeness (QED) is 0.851. The van der Waals surface area contributed by atoms with E-state index >= 15 is 0 Å². The van der Waals surface area contributed by atoms with E-state index in [0.717, 1.165) is 6.07 Å². The summed E-state index contributed by atoms with van der Waals surface area (Å²) in [5, 5.41) is 15.0. The molecule has 1 fully saturated rings. The van der Waals surface area contributed by atoms with Gasteiger partial charge >= 0.3 is 5.97 Å². The first kappa shape index (κ1) is 12.6. The van der Waals surface area contributed by atoms with E-state index in [1.807, 2.05) is 0 Å². The summed E-state index contributed by atoms with van der Waals surface area (Å²) in [6.07, 6.45) is 0. The molecule has 0 aromatic carbocycles. The second kappa shape index (κ2) is 3.57. The Morgan fingerprint density at radius 2 is 1.89 bits per heavy atom. The number of carbonyl (C=O) groups is 2. The summed E-state index contributed by atoms with van der Waals surface area (Å²) >= 11 is 0. The van der Waals surface area contributed by atoms with Crippen LogP contribution in [0.5, 0.6) is 0 Å². The van der Waals surface area contributed by atoms with E-state index in [1.165, 1.54) is 0 Å². The van der Waals surface area contributed by atoms with Crippen molar-refractivity contribution in [1.82, 2.24) is 10.5 Å². The molecular formula is C12H16N2O4. The van der Waals surface area contributed by atoms with E-state index in [9.17, 15) is 9.59 Å². The molecule has 1 amide bonds. The molecular weight excluding hydrogens is 236 g/mol. The van der Waals surface area contributed by atoms with Crippen LogP contribution in [0.15, 0.2) is 10.6 Å². The fourth-order valence-electron chi connectivity index (χ4n) is 2.25. The Hall–Kier alpha value is -1.85. The molecule has 0 spiro atoms. The van der Waals surface area contributed by atoms with Crippen LogP contribution in [0.25, 0.3) is 0 Å². The number of nitrogens with zero attached hydrogens (tertiary/aromatic N) is 1. The van der Waals surface area contributed by atoms with Crippen LogP contribution in [-0.4, -0.2) is 28.2 Å². The number of amides is 1. The van der Waals surface area contributed by atoms with Gasteiger partial charge < -0.3 is 14.9 Å². The molecule has 18 heavy (non-hydrogen) atoms. The SMILES string of the molecule is CC1(C)C(NC(=O)c2cc(C(=O)O)on2)C1(C)C. The highest BCUT2D eigenvalue weighted by atomic mass is 16.5. The van der Waals surface area contributed by atoms with Crippen molar-refractivity contribution >= 4 is 11.9 Å². The number of carboxylic acid groups (broad SMARTS) is 1. The van der Waals surface area contributed by atoms with Gasteiger partial charge in [-0.1, -0.05) is 32.9 Å². The van der Waals surface area contributed by atoms with E-state index in [4.69, 9.17) is 5.11 Å². The Labute approximate surface area is 104 Å². The fraction of sp³-hybridized carbons (Fsp3) is 0.583. The minimum atomic E-state index is -1.24. The van der Waals surface area contributed by atoms with Crippen LogP contribution in [0.4, 0.5) is 0 Å². The predicted octanol–water partition coefficient (Wildman–Crippen LogP) is 1.54. The third kappa shape index (κ3) is 1.68. The zero-order valence-corrected chi connectivity index (χ0v) is 10.8. The smallest absolute Gasteiger partial charge is 0.374 e. The van der Waals surface area contributed by atoms with Crippen LogP contribution in [0.1, 0.15) is 48.7 Å². The molecule has 0 unspecified atom stereocenters. The molecule has 6 nitrogen and oxygen atoms in total. The molecule has 0 bridgehead atoms. The number of hydrogen-bond donors (Lipinski definition) is 2. The number of nitrogens with one attached hydrogen (secondary N) is 1. The van der Waals surface area contributed by atoms with Gasteiger partial charge in [0.1, 0.15) is 0 Å². The number of aromatic nitrogens is 1. The molecule has 0 aliphatic heterocycles. The first-order valence-corrected chi connectivity index (χ1v) is 5.69. The van der Waals surface area contributed by atoms with Crippen LogP contribution in [-0.2, 0) is 0 Å². The highest BCUT2D eigenvalue weighted by molar-refractivity contribution is 5.95. The maximum Gasteiger partial charge on any atom is 0.374 e. The minimum absolute atomic E-state index is 0.00843. The first-order chi connectivity index (χ1) is 8.18. The largest absolute Gasteiger partial charge is 0.475 e. The summed E-state index contributed by atoms with van der Waals surface area (Å²) in [4.78, 5) is 22.5. The third-order valence-electron chi connectivity index (χ3n) is 4.25. The molecule has 2 N–H and O–H groups in total. The van der Waals surface area contributed by atoms with Gasteiger partial charge in [-0.3, -0.25) is 4.79 Å². The maximum atomic E-state index is 11.9. The Morgan fingerprint density at radius 1 is 1.33 bits per heavy atom. The van der Waals surface area contributed by atoms with Crippen molar-refractivity contribution in [1.29, 1.82) is 0 Å². The summed E-state index contributed by atoms with van der Waals surface area (Å²) < 4.78 is 4.54. The van der Waals surface area contributed by atoms with Crippen LogP contribution in [0.3, 0.4) is 0 Å². The average molecular weight is 252 g/mol. The maximum absolute atomic E-state index is 11.9. The lowest BCUT2D eigenvalue weighted by Gasteiger charge is -2.03. The lowest BCUT2D eigenvalue weighted by molar-refractivity contribution is 0.0651. The van der Waals surface area contributed by atoms with Gasteiger partial charge in [0, 0.05) is 12.1 Å². The topological polar surface area (TPSA) is 92.4 Å². The molecule has 1 aliphatic rings. The molecule has 0 atom stereocenters. The van der Waals surface area contributed by atoms with Crippen LogP contribution >= 0.6 is 0 Å². The van der Waals surface area contributed by atoms with Crippen molar-refractivity contribution in [3.05, 3.63) is 17.5 Å². The van der Waals surface area contributed by atoms with Gasteiger partial charge in [-0.05, 0) is 10.8 Å². The van der Waals surface area contributed by atoms with Crippen LogP contribution in [0.2, 0.25) is 0 Å². The van der Waals surface area contributed by atoms with Crippen LogP contribution < -0.4 is 5.32 Å². The zero-order chi connectivity index (χ0) is 13.7. The number of carboxylic acids is 1. The number of carbonyl (C=O) groups excluding carboxylic acids is 1. The average Bonchev–Trinajstić information content (AvgIpc) is 2.68. The summed E-state index contributed by atoms with van der Waals surface area (Å²) in [5.74, 6) is -1.99. The molecule has 6 heteroatoms. The lowest BCUT2D eigenvalue weighted by atomic mass is 10.0. The third-order valence-corrected chi connectivity index (χ3v) is 4.25. The van der Waals surface area contributed by atoms with Gasteiger partial charge in [0.05, 0.1) is 0 Å². The molecule has 0 radical (unpaired) electrons. The highest BCUT2D eigenvalue weighted by Gasteiger charge is 2.65. The molecule has 1 saturated carbocycles. The number of rotatable bonds is 3. The van der Waals surface area contributed by atoms with Gasteiger partial charge in [0.15, 0.2) is 5.69 Å². The summed E-state index contributed by atoms with van der Waals surface area (Å²) in [6.45, 7) is 8.29. The lowest BCUT2D eigenvalue weighted by Crippen LogP contribution is -2.30. The van der Waals surface area contributed by atoms with Crippen molar-refractivity contribution in [2.75, 3.05) is 0 Å². The standard InChI is InChI=1S/C12H16N2O4/c1-11(2)10(12(11,3)4)13-8(15)6-5-7(9(16)17)18-14-6/h5,10H,1-4H3,(H,13,15)(H,16,17). The van der Waals surface area contributed by atoms with E-state index < -0.39 is 11.9 Å². The van der Waals surface area contributed by atoms with E-state index in [-0.39, 0.29) is 28.3 Å². The van der Waals surface area contributed by atoms with E-state index in [2.05, 4.69) is 42.7 Å². The highest BCUT2D eigenvalue weighted by Crippen LogP contribution is 2.62. The van der Waals surface area contributed by atoms with Gasteiger partial charge in [-0.2, -0.15) is 0 Å². The van der Waals surface area contributed by atoms with Crippen molar-refractivity contribution < 1.29 is 19.2 Å². The van der Waals surface area contributed by atoms with Crippen molar-refractivity contribution in [3.8, 4) is 0 Å². The summed E-state index contributed by atoms with van der Waals surface area (Å²) in [6, 6.07) is 1.17. The van der Waals surface area contributed by atoms with Gasteiger partial charge in [0.2, 0.25) is 5.76 Å². The second-order valence-corrected chi connectivity index (χ2v) is 5.73. The van der Waals surface area contributed by atoms with E-state index in [1.54, 1.807) is 0 Å². The Kier molecular flexibility index (Phi) is 2.50. The minimum Gasteiger partial charge on any atom is -0.475 e. The van der Waals surface area contributed by atoms with Gasteiger partial charge in [0.25, 0.3) is 5.91 Å². The Morgan fingerprint density at radius 3 is 2.28 bits per heavy atom. The zero-order valence-electron chi connectivity index (χ0n) is 10.8. The van der Waals surface area contributed by atoms with Crippen LogP contribution in [0, 0.1) is 10.8 Å². The van der Waals surface area contributed by atoms with Crippen molar-refractivity contribution in [2.24, 2.45) is 10.8 Å². The predicted molar refractivity (Wildman–Crippen MR) is 62.3 cm³/mol. The molecule has 2 rings (SSSR count). The first-order valence-electron chi connectivity index (χ1n) is 5.69. The van der Waals surface area contributed by atoms with Gasteiger partial charge in [-0.25, -0.2) is 4.79 Å². The Balaban J connectivity index is 2.08. The molecule has 0 saturated heterocycles. The molecule has 1 aliphatic carbocycles. The molecule has 1 aromatic heterocycles. The molecule has 98 valence electrons. The normalized spacial score (nSPS) is 20.4. The number of hydrogen-bond acceptors (Lipinski definition) is 4. The van der Waals surface area contributed by atoms with Gasteiger partial charge in [-0.15, -0.1) is 0 Å². The monoisotopic (exact) mass is 252 g/mol. The molecule has 1 aromatic rings. The summed E-state index contributed by atoms with van der Waals surface area (Å²) in [7, 11) is 0. The van der Waals surface area contributed by atoms with Crippen molar-refractivity contribution in [3.63, 3.8) is 0 Å². The van der Waals surface area contributed by atoms with E-state index in [0.29, 0.717) is 0 Å². The molecule has 1 heterocycles. The summed E-state index contributed by atoms with van der Waals surface area (Å²) in [5.41, 5.74) is 0.0234. The van der Waals surface area contributed by atoms with Crippen molar-refractivity contribution in [2.45, 2.75) is 33.7 Å².